The minimum Gasteiger partial charge on any atom is -0.407 e. The Morgan fingerprint density at radius 3 is 1.68 bits per heavy atom. The van der Waals surface area contributed by atoms with E-state index in [1.807, 2.05) is 0 Å². The van der Waals surface area contributed by atoms with Crippen molar-refractivity contribution in [1.82, 2.24) is 0 Å². The maximum Gasteiger partial charge on any atom is 0.261 e. The van der Waals surface area contributed by atoms with Crippen molar-refractivity contribution in [3.8, 4) is 0 Å². The van der Waals surface area contributed by atoms with Crippen LogP contribution in [0.1, 0.15) is 20.8 Å². The minimum absolute atomic E-state index is 0.00210. The minimum atomic E-state index is -2.45. The number of hydrogen-bond donors (Lipinski definition) is 1. The summed E-state index contributed by atoms with van der Waals surface area (Å²) in [6, 6.07) is 21.4. The Kier molecular flexibility index (Phi) is 5.28. The molecule has 2 nitrogen and oxygen atoms in total. The van der Waals surface area contributed by atoms with Crippen LogP contribution in [0.2, 0.25) is 5.04 Å². The molecule has 3 rings (SSSR count). The lowest BCUT2D eigenvalue weighted by Gasteiger charge is -2.44. The van der Waals surface area contributed by atoms with E-state index in [4.69, 9.17) is 4.43 Å². The van der Waals surface area contributed by atoms with Crippen LogP contribution < -0.4 is 10.4 Å². The van der Waals surface area contributed by atoms with Gasteiger partial charge in [-0.2, -0.15) is 0 Å². The molecule has 2 atom stereocenters. The lowest BCUT2D eigenvalue weighted by atomic mass is 9.84. The molecule has 2 aromatic carbocycles. The fraction of sp³-hybridized carbons (Fsp3) is 0.364. The predicted molar refractivity (Wildman–Crippen MR) is 107 cm³/mol. The van der Waals surface area contributed by atoms with Gasteiger partial charge in [0, 0.05) is 25.0 Å². The highest BCUT2D eigenvalue weighted by Crippen LogP contribution is 2.38. The van der Waals surface area contributed by atoms with Gasteiger partial charge < -0.3 is 9.53 Å². The molecule has 0 unspecified atom stereocenters. The van der Waals surface area contributed by atoms with Crippen LogP contribution in [0.5, 0.6) is 0 Å². The summed E-state index contributed by atoms with van der Waals surface area (Å²) in [5.74, 6) is 0.546. The van der Waals surface area contributed by atoms with Crippen LogP contribution in [0.25, 0.3) is 0 Å². The molecule has 1 aliphatic carbocycles. The summed E-state index contributed by atoms with van der Waals surface area (Å²) in [4.78, 5) is 0. The van der Waals surface area contributed by atoms with Gasteiger partial charge in [0.15, 0.2) is 0 Å². The lowest BCUT2D eigenvalue weighted by molar-refractivity contribution is 0.160. The Balaban J connectivity index is 2.04. The number of rotatable bonds is 6. The topological polar surface area (TPSA) is 29.5 Å². The SMILES string of the molecule is CC(C)(C)[Si](OC[C@H]1C=C[C@H]1CO)(c1ccccc1)c1ccccc1. The zero-order chi connectivity index (χ0) is 17.9. The Morgan fingerprint density at radius 2 is 1.32 bits per heavy atom. The van der Waals surface area contributed by atoms with E-state index in [0.717, 1.165) is 0 Å². The van der Waals surface area contributed by atoms with Gasteiger partial charge in [0.05, 0.1) is 0 Å². The highest BCUT2D eigenvalue weighted by molar-refractivity contribution is 6.99. The second-order valence-corrected chi connectivity index (χ2v) is 12.2. The molecule has 0 aliphatic heterocycles. The molecule has 0 spiro atoms. The second kappa shape index (κ2) is 7.28. The van der Waals surface area contributed by atoms with Crippen LogP contribution in [0.15, 0.2) is 72.8 Å². The highest BCUT2D eigenvalue weighted by Gasteiger charge is 2.50. The molecule has 132 valence electrons. The summed E-state index contributed by atoms with van der Waals surface area (Å²) in [5.41, 5.74) is 0. The first-order valence-electron chi connectivity index (χ1n) is 9.03. The Labute approximate surface area is 152 Å². The summed E-state index contributed by atoms with van der Waals surface area (Å²) in [5, 5.41) is 12.1. The molecule has 2 aromatic rings. The molecule has 0 fully saturated rings. The van der Waals surface area contributed by atoms with E-state index in [2.05, 4.69) is 93.6 Å². The van der Waals surface area contributed by atoms with Crippen molar-refractivity contribution < 1.29 is 9.53 Å². The van der Waals surface area contributed by atoms with Crippen LogP contribution in [0, 0.1) is 11.8 Å². The van der Waals surface area contributed by atoms with E-state index < -0.39 is 8.32 Å². The third-order valence-corrected chi connectivity index (χ3v) is 10.3. The van der Waals surface area contributed by atoms with Crippen LogP contribution in [0.3, 0.4) is 0 Å². The maximum atomic E-state index is 9.48. The summed E-state index contributed by atoms with van der Waals surface area (Å²) >= 11 is 0. The third-order valence-electron chi connectivity index (χ3n) is 5.28. The summed E-state index contributed by atoms with van der Waals surface area (Å²) in [6.07, 6.45) is 4.25. The fourth-order valence-corrected chi connectivity index (χ4v) is 8.38. The van der Waals surface area contributed by atoms with Gasteiger partial charge in [-0.3, -0.25) is 0 Å². The molecule has 0 saturated heterocycles. The molecule has 1 aliphatic rings. The number of aliphatic hydroxyl groups is 1. The van der Waals surface area contributed by atoms with Crippen molar-refractivity contribution in [3.05, 3.63) is 72.8 Å². The number of hydrogen-bond acceptors (Lipinski definition) is 2. The van der Waals surface area contributed by atoms with Gasteiger partial charge in [-0.05, 0) is 15.4 Å². The summed E-state index contributed by atoms with van der Waals surface area (Å²) < 4.78 is 6.88. The smallest absolute Gasteiger partial charge is 0.261 e. The van der Waals surface area contributed by atoms with Gasteiger partial charge in [0.2, 0.25) is 0 Å². The Hall–Kier alpha value is -1.68. The maximum absolute atomic E-state index is 9.48. The molecular formula is C22H28O2Si. The molecule has 3 heteroatoms. The lowest BCUT2D eigenvalue weighted by Crippen LogP contribution is -2.67. The first-order valence-corrected chi connectivity index (χ1v) is 10.9. The van der Waals surface area contributed by atoms with Gasteiger partial charge in [0.1, 0.15) is 0 Å². The van der Waals surface area contributed by atoms with E-state index in [0.29, 0.717) is 12.5 Å². The van der Waals surface area contributed by atoms with Gasteiger partial charge in [-0.1, -0.05) is 93.6 Å². The number of benzene rings is 2. The van der Waals surface area contributed by atoms with E-state index in [1.165, 1.54) is 10.4 Å². The van der Waals surface area contributed by atoms with Crippen molar-refractivity contribution in [3.63, 3.8) is 0 Å². The van der Waals surface area contributed by atoms with Gasteiger partial charge in [-0.25, -0.2) is 0 Å². The highest BCUT2D eigenvalue weighted by atomic mass is 28.4. The fourth-order valence-electron chi connectivity index (χ4n) is 3.78. The van der Waals surface area contributed by atoms with Crippen molar-refractivity contribution in [2.45, 2.75) is 25.8 Å². The van der Waals surface area contributed by atoms with Crippen LogP contribution in [-0.2, 0) is 4.43 Å². The predicted octanol–water partition coefficient (Wildman–Crippen LogP) is 3.36. The van der Waals surface area contributed by atoms with E-state index in [9.17, 15) is 5.11 Å². The number of aliphatic hydroxyl groups excluding tert-OH is 1. The van der Waals surface area contributed by atoms with Crippen molar-refractivity contribution in [2.75, 3.05) is 13.2 Å². The Bertz CT molecular complexity index is 664. The van der Waals surface area contributed by atoms with E-state index in [-0.39, 0.29) is 17.6 Å². The summed E-state index contributed by atoms with van der Waals surface area (Å²) in [6.45, 7) is 7.73. The van der Waals surface area contributed by atoms with Crippen molar-refractivity contribution in [2.24, 2.45) is 11.8 Å². The molecule has 1 N–H and O–H groups in total. The molecule has 25 heavy (non-hydrogen) atoms. The standard InChI is InChI=1S/C22H28O2Si/c1-22(2,3)25(20-10-6-4-7-11-20,21-12-8-5-9-13-21)24-17-19-15-14-18(19)16-23/h4-15,18-19,23H,16-17H2,1-3H3/t18-,19+/m0/s1. The Morgan fingerprint density at radius 1 is 0.840 bits per heavy atom. The summed E-state index contributed by atoms with van der Waals surface area (Å²) in [7, 11) is -2.45. The van der Waals surface area contributed by atoms with E-state index >= 15 is 0 Å². The van der Waals surface area contributed by atoms with Crippen molar-refractivity contribution in [1.29, 1.82) is 0 Å². The molecule has 0 bridgehead atoms. The first kappa shape index (κ1) is 18.1. The average Bonchev–Trinajstić information content (AvgIpc) is 2.58. The molecule has 0 saturated carbocycles. The van der Waals surface area contributed by atoms with Crippen LogP contribution in [0.4, 0.5) is 0 Å². The normalized spacial score (nSPS) is 20.3. The monoisotopic (exact) mass is 352 g/mol. The second-order valence-electron chi connectivity index (χ2n) is 7.87. The van der Waals surface area contributed by atoms with Gasteiger partial charge in [0.25, 0.3) is 8.32 Å². The zero-order valence-corrected chi connectivity index (χ0v) is 16.4. The third kappa shape index (κ3) is 3.37. The average molecular weight is 353 g/mol. The quantitative estimate of drug-likeness (QED) is 0.638. The van der Waals surface area contributed by atoms with E-state index in [1.54, 1.807) is 0 Å². The zero-order valence-electron chi connectivity index (χ0n) is 15.4. The molecular weight excluding hydrogens is 324 g/mol. The molecule has 0 heterocycles. The molecule has 0 radical (unpaired) electrons. The largest absolute Gasteiger partial charge is 0.407 e. The van der Waals surface area contributed by atoms with Gasteiger partial charge in [-0.15, -0.1) is 0 Å². The van der Waals surface area contributed by atoms with Crippen LogP contribution >= 0.6 is 0 Å². The molecule has 0 amide bonds. The molecule has 0 aromatic heterocycles. The first-order chi connectivity index (χ1) is 12.0. The van der Waals surface area contributed by atoms with Gasteiger partial charge >= 0.3 is 0 Å². The van der Waals surface area contributed by atoms with Crippen molar-refractivity contribution >= 4 is 18.7 Å². The van der Waals surface area contributed by atoms with Crippen LogP contribution in [-0.4, -0.2) is 26.6 Å².